The van der Waals surface area contributed by atoms with Crippen LogP contribution in [0, 0.1) is 6.92 Å². The lowest BCUT2D eigenvalue weighted by Crippen LogP contribution is -2.53. The maximum Gasteiger partial charge on any atom is 0.318 e. The van der Waals surface area contributed by atoms with Gasteiger partial charge in [0.15, 0.2) is 0 Å². The van der Waals surface area contributed by atoms with Crippen LogP contribution in [0.1, 0.15) is 24.7 Å². The highest BCUT2D eigenvalue weighted by Crippen LogP contribution is 2.24. The summed E-state index contributed by atoms with van der Waals surface area (Å²) in [6.45, 7) is 5.58. The van der Waals surface area contributed by atoms with Crippen LogP contribution >= 0.6 is 0 Å². The number of hydrogen-bond acceptors (Lipinski definition) is 4. The highest BCUT2D eigenvalue weighted by Gasteiger charge is 2.28. The number of morpholine rings is 1. The average Bonchev–Trinajstić information content (AvgIpc) is 2.89. The number of aliphatic hydroxyl groups excluding tert-OH is 1. The first kappa shape index (κ1) is 16.8. The molecule has 24 heavy (non-hydrogen) atoms. The molecule has 0 saturated carbocycles. The van der Waals surface area contributed by atoms with Crippen LogP contribution in [0.2, 0.25) is 0 Å². The number of benzene rings is 1. The van der Waals surface area contributed by atoms with E-state index < -0.39 is 6.10 Å². The van der Waals surface area contributed by atoms with E-state index in [0.29, 0.717) is 32.7 Å². The topological polar surface area (TPSA) is 74.9 Å². The second kappa shape index (κ2) is 7.23. The number of rotatable bonds is 4. The van der Waals surface area contributed by atoms with Crippen LogP contribution < -0.4 is 5.32 Å². The Morgan fingerprint density at radius 1 is 1.46 bits per heavy atom. The molecule has 1 aliphatic rings. The summed E-state index contributed by atoms with van der Waals surface area (Å²) >= 11 is 0. The van der Waals surface area contributed by atoms with E-state index in [4.69, 9.17) is 9.15 Å². The monoisotopic (exact) mass is 332 g/mol. The number of furan rings is 1. The Kier molecular flexibility index (Phi) is 5.06. The maximum absolute atomic E-state index is 12.5. The van der Waals surface area contributed by atoms with Gasteiger partial charge in [-0.25, -0.2) is 4.79 Å². The van der Waals surface area contributed by atoms with Crippen LogP contribution in [-0.2, 0) is 11.3 Å². The molecule has 130 valence electrons. The molecule has 6 nitrogen and oxygen atoms in total. The molecule has 1 aliphatic heterocycles. The summed E-state index contributed by atoms with van der Waals surface area (Å²) in [7, 11) is 0. The number of para-hydroxylation sites is 1. The molecule has 2 heterocycles. The quantitative estimate of drug-likeness (QED) is 0.902. The van der Waals surface area contributed by atoms with E-state index in [-0.39, 0.29) is 12.1 Å². The van der Waals surface area contributed by atoms with E-state index in [0.717, 1.165) is 22.3 Å². The Hall–Kier alpha value is -2.05. The number of amides is 2. The van der Waals surface area contributed by atoms with Gasteiger partial charge < -0.3 is 24.5 Å². The number of nitrogens with zero attached hydrogens (tertiary/aromatic N) is 1. The zero-order valence-corrected chi connectivity index (χ0v) is 14.1. The molecule has 1 saturated heterocycles. The molecule has 1 aromatic heterocycles. The van der Waals surface area contributed by atoms with Gasteiger partial charge in [0.1, 0.15) is 11.3 Å². The molecule has 2 N–H and O–H groups in total. The molecule has 0 aliphatic carbocycles. The molecule has 1 aromatic carbocycles. The van der Waals surface area contributed by atoms with Crippen LogP contribution in [0.15, 0.2) is 28.7 Å². The van der Waals surface area contributed by atoms with Crippen molar-refractivity contribution in [2.45, 2.75) is 39.0 Å². The van der Waals surface area contributed by atoms with Crippen molar-refractivity contribution in [3.63, 3.8) is 0 Å². The van der Waals surface area contributed by atoms with Crippen molar-refractivity contribution in [3.05, 3.63) is 35.6 Å². The van der Waals surface area contributed by atoms with Crippen molar-refractivity contribution in [2.75, 3.05) is 19.8 Å². The Labute approximate surface area is 141 Å². The number of ether oxygens (including phenoxy) is 1. The van der Waals surface area contributed by atoms with Gasteiger partial charge in [-0.1, -0.05) is 18.2 Å². The van der Waals surface area contributed by atoms with Gasteiger partial charge in [-0.2, -0.15) is 0 Å². The van der Waals surface area contributed by atoms with Crippen LogP contribution in [0.25, 0.3) is 11.0 Å². The molecular weight excluding hydrogens is 308 g/mol. The number of aliphatic hydroxyl groups is 1. The molecule has 0 radical (unpaired) electrons. The lowest BCUT2D eigenvalue weighted by Gasteiger charge is -2.36. The molecule has 2 aromatic rings. The normalized spacial score (nSPS) is 19.5. The zero-order chi connectivity index (χ0) is 17.1. The molecule has 1 fully saturated rings. The molecule has 0 bridgehead atoms. The van der Waals surface area contributed by atoms with Crippen LogP contribution in [-0.4, -0.2) is 47.9 Å². The fourth-order valence-electron chi connectivity index (χ4n) is 3.16. The van der Waals surface area contributed by atoms with Gasteiger partial charge >= 0.3 is 6.03 Å². The van der Waals surface area contributed by atoms with E-state index in [1.807, 2.05) is 31.2 Å². The van der Waals surface area contributed by atoms with Gasteiger partial charge in [0, 0.05) is 17.5 Å². The van der Waals surface area contributed by atoms with Crippen molar-refractivity contribution in [1.82, 2.24) is 10.2 Å². The first-order valence-corrected chi connectivity index (χ1v) is 8.33. The van der Waals surface area contributed by atoms with Gasteiger partial charge in [0.25, 0.3) is 0 Å². The number of carbonyl (C=O) groups excluding carboxylic acids is 1. The molecule has 2 atom stereocenters. The maximum atomic E-state index is 12.5. The Bertz CT molecular complexity index is 710. The van der Waals surface area contributed by atoms with Crippen LogP contribution in [0.3, 0.4) is 0 Å². The number of carbonyl (C=O) groups is 1. The van der Waals surface area contributed by atoms with Crippen molar-refractivity contribution < 1.29 is 19.1 Å². The minimum Gasteiger partial charge on any atom is -0.459 e. The number of fused-ring (bicyclic) bond motifs is 1. The predicted octanol–water partition coefficient (Wildman–Crippen LogP) is 2.42. The number of nitrogens with one attached hydrogen (secondary N) is 1. The van der Waals surface area contributed by atoms with Crippen molar-refractivity contribution in [3.8, 4) is 0 Å². The second-order valence-electron chi connectivity index (χ2n) is 6.31. The highest BCUT2D eigenvalue weighted by atomic mass is 16.5. The van der Waals surface area contributed by atoms with E-state index in [9.17, 15) is 9.90 Å². The molecule has 3 rings (SSSR count). The summed E-state index contributed by atoms with van der Waals surface area (Å²) in [4.78, 5) is 14.3. The predicted molar refractivity (Wildman–Crippen MR) is 90.8 cm³/mol. The fraction of sp³-hybridized carbons (Fsp3) is 0.500. The van der Waals surface area contributed by atoms with Gasteiger partial charge in [-0.3, -0.25) is 0 Å². The number of urea groups is 1. The van der Waals surface area contributed by atoms with Crippen LogP contribution in [0.5, 0.6) is 0 Å². The lowest BCUT2D eigenvalue weighted by atomic mass is 10.1. The van der Waals surface area contributed by atoms with Crippen molar-refractivity contribution in [1.29, 1.82) is 0 Å². The largest absolute Gasteiger partial charge is 0.459 e. The molecule has 2 unspecified atom stereocenters. The SMILES string of the molecule is Cc1c(CNC(=O)N2CCOCC2CC(C)O)oc2ccccc12. The van der Waals surface area contributed by atoms with Crippen LogP contribution in [0.4, 0.5) is 4.79 Å². The summed E-state index contributed by atoms with van der Waals surface area (Å²) in [6, 6.07) is 7.59. The third-order valence-corrected chi connectivity index (χ3v) is 4.44. The summed E-state index contributed by atoms with van der Waals surface area (Å²) in [5, 5.41) is 13.6. The third-order valence-electron chi connectivity index (χ3n) is 4.44. The summed E-state index contributed by atoms with van der Waals surface area (Å²) in [5.41, 5.74) is 1.88. The van der Waals surface area contributed by atoms with E-state index in [1.54, 1.807) is 11.8 Å². The lowest BCUT2D eigenvalue weighted by molar-refractivity contribution is -0.00444. The minimum absolute atomic E-state index is 0.101. The average molecular weight is 332 g/mol. The molecule has 0 spiro atoms. The summed E-state index contributed by atoms with van der Waals surface area (Å²) in [6.07, 6.45) is 0.0431. The molecule has 6 heteroatoms. The van der Waals surface area contributed by atoms with Crippen molar-refractivity contribution >= 4 is 17.0 Å². The number of aryl methyl sites for hydroxylation is 1. The van der Waals surface area contributed by atoms with Gasteiger partial charge in [0.05, 0.1) is 31.9 Å². The Morgan fingerprint density at radius 2 is 2.25 bits per heavy atom. The summed E-state index contributed by atoms with van der Waals surface area (Å²) in [5.74, 6) is 0.768. The van der Waals surface area contributed by atoms with Gasteiger partial charge in [-0.15, -0.1) is 0 Å². The smallest absolute Gasteiger partial charge is 0.318 e. The Morgan fingerprint density at radius 3 is 3.00 bits per heavy atom. The van der Waals surface area contributed by atoms with E-state index in [1.165, 1.54) is 0 Å². The van der Waals surface area contributed by atoms with Gasteiger partial charge in [-0.05, 0) is 26.3 Å². The van der Waals surface area contributed by atoms with E-state index in [2.05, 4.69) is 5.32 Å². The minimum atomic E-state index is -0.468. The third kappa shape index (κ3) is 3.55. The number of hydrogen-bond donors (Lipinski definition) is 2. The first-order valence-electron chi connectivity index (χ1n) is 8.33. The standard InChI is InChI=1S/C18H24N2O4/c1-12(21)9-14-11-23-8-7-20(14)18(22)19-10-17-13(2)15-5-3-4-6-16(15)24-17/h3-6,12,14,21H,7-11H2,1-2H3,(H,19,22). The molecule has 2 amide bonds. The molecular formula is C18H24N2O4. The zero-order valence-electron chi connectivity index (χ0n) is 14.1. The van der Waals surface area contributed by atoms with Crippen molar-refractivity contribution in [2.24, 2.45) is 0 Å². The van der Waals surface area contributed by atoms with E-state index >= 15 is 0 Å². The summed E-state index contributed by atoms with van der Waals surface area (Å²) < 4.78 is 11.3. The highest BCUT2D eigenvalue weighted by molar-refractivity contribution is 5.82. The Balaban J connectivity index is 1.66. The first-order chi connectivity index (χ1) is 11.6. The fourth-order valence-corrected chi connectivity index (χ4v) is 3.16. The second-order valence-corrected chi connectivity index (χ2v) is 6.31. The van der Waals surface area contributed by atoms with Gasteiger partial charge in [0.2, 0.25) is 0 Å².